The highest BCUT2D eigenvalue weighted by atomic mass is 127. The zero-order valence-electron chi connectivity index (χ0n) is 10.8. The van der Waals surface area contributed by atoms with Crippen molar-refractivity contribution in [3.8, 4) is 0 Å². The average molecular weight is 375 g/mol. The minimum atomic E-state index is 0.815. The molecule has 0 aliphatic rings. The first-order valence-corrected chi connectivity index (χ1v) is 7.52. The lowest BCUT2D eigenvalue weighted by Crippen LogP contribution is -1.97. The van der Waals surface area contributed by atoms with E-state index >= 15 is 0 Å². The molecule has 0 bridgehead atoms. The maximum atomic E-state index is 5.43. The van der Waals surface area contributed by atoms with E-state index in [2.05, 4.69) is 58.2 Å². The number of halogens is 1. The lowest BCUT2D eigenvalue weighted by molar-refractivity contribution is 0.520. The van der Waals surface area contributed by atoms with Gasteiger partial charge in [-0.05, 0) is 58.5 Å². The molecule has 1 aromatic heterocycles. The monoisotopic (exact) mass is 375 g/mol. The summed E-state index contributed by atoms with van der Waals surface area (Å²) in [5, 5.41) is 3.45. The molecule has 1 heterocycles. The Morgan fingerprint density at radius 2 is 1.75 bits per heavy atom. The van der Waals surface area contributed by atoms with Gasteiger partial charge in [-0.1, -0.05) is 30.3 Å². The number of hydrogen-bond donors (Lipinski definition) is 1. The minimum absolute atomic E-state index is 0.815. The number of benzene rings is 2. The zero-order valence-corrected chi connectivity index (χ0v) is 13.0. The summed E-state index contributed by atoms with van der Waals surface area (Å²) in [6, 6.07) is 20.5. The smallest absolute Gasteiger partial charge is 0.108 e. The van der Waals surface area contributed by atoms with Gasteiger partial charge >= 0.3 is 0 Å². The van der Waals surface area contributed by atoms with Gasteiger partial charge in [0.2, 0.25) is 0 Å². The Balaban J connectivity index is 1.85. The molecule has 3 aromatic rings. The summed E-state index contributed by atoms with van der Waals surface area (Å²) in [5.74, 6) is 0.986. The maximum absolute atomic E-state index is 5.43. The quantitative estimate of drug-likeness (QED) is 0.633. The van der Waals surface area contributed by atoms with Crippen molar-refractivity contribution in [1.29, 1.82) is 0 Å². The van der Waals surface area contributed by atoms with Crippen LogP contribution < -0.4 is 5.32 Å². The van der Waals surface area contributed by atoms with E-state index in [1.54, 1.807) is 6.26 Å². The fourth-order valence-electron chi connectivity index (χ4n) is 2.09. The van der Waals surface area contributed by atoms with Crippen LogP contribution in [0, 0.1) is 3.57 Å². The van der Waals surface area contributed by atoms with Crippen LogP contribution in [-0.4, -0.2) is 0 Å². The molecule has 2 aromatic carbocycles. The SMILES string of the molecule is Ic1c(Cc2ccco2)cccc1Nc1ccccc1. The van der Waals surface area contributed by atoms with Crippen LogP contribution in [0.25, 0.3) is 0 Å². The number of rotatable bonds is 4. The fraction of sp³-hybridized carbons (Fsp3) is 0.0588. The Morgan fingerprint density at radius 3 is 2.50 bits per heavy atom. The summed E-state index contributed by atoms with van der Waals surface area (Å²) < 4.78 is 6.65. The first-order valence-electron chi connectivity index (χ1n) is 6.45. The van der Waals surface area contributed by atoms with E-state index in [1.165, 1.54) is 9.13 Å². The van der Waals surface area contributed by atoms with Gasteiger partial charge in [0.25, 0.3) is 0 Å². The highest BCUT2D eigenvalue weighted by Gasteiger charge is 2.07. The van der Waals surface area contributed by atoms with E-state index in [4.69, 9.17) is 4.42 Å². The van der Waals surface area contributed by atoms with E-state index in [9.17, 15) is 0 Å². The van der Waals surface area contributed by atoms with E-state index in [0.29, 0.717) is 0 Å². The van der Waals surface area contributed by atoms with Crippen LogP contribution in [-0.2, 0) is 6.42 Å². The van der Waals surface area contributed by atoms with Crippen LogP contribution in [0.5, 0.6) is 0 Å². The minimum Gasteiger partial charge on any atom is -0.469 e. The molecular formula is C17H14INO. The second kappa shape index (κ2) is 6.13. The van der Waals surface area contributed by atoms with Crippen LogP contribution in [0.15, 0.2) is 71.3 Å². The third-order valence-electron chi connectivity index (χ3n) is 3.08. The van der Waals surface area contributed by atoms with Gasteiger partial charge in [-0.3, -0.25) is 0 Å². The van der Waals surface area contributed by atoms with E-state index < -0.39 is 0 Å². The van der Waals surface area contributed by atoms with Crippen molar-refractivity contribution in [3.63, 3.8) is 0 Å². The number of hydrogen-bond acceptors (Lipinski definition) is 2. The summed E-state index contributed by atoms with van der Waals surface area (Å²) >= 11 is 2.39. The van der Waals surface area contributed by atoms with Crippen molar-refractivity contribution in [2.75, 3.05) is 5.32 Å². The highest BCUT2D eigenvalue weighted by molar-refractivity contribution is 14.1. The predicted octanol–water partition coefficient (Wildman–Crippen LogP) is 5.22. The van der Waals surface area contributed by atoms with Crippen LogP contribution >= 0.6 is 22.6 Å². The molecule has 3 heteroatoms. The molecule has 0 radical (unpaired) electrons. The number of nitrogens with one attached hydrogen (secondary N) is 1. The molecule has 20 heavy (non-hydrogen) atoms. The summed E-state index contributed by atoms with van der Waals surface area (Å²) in [6.07, 6.45) is 2.53. The van der Waals surface area contributed by atoms with Gasteiger partial charge in [0, 0.05) is 15.7 Å². The summed E-state index contributed by atoms with van der Waals surface area (Å²) in [6.45, 7) is 0. The van der Waals surface area contributed by atoms with Crippen molar-refractivity contribution in [1.82, 2.24) is 0 Å². The largest absolute Gasteiger partial charge is 0.469 e. The summed E-state index contributed by atoms with van der Waals surface area (Å²) in [7, 11) is 0. The molecule has 0 amide bonds. The van der Waals surface area contributed by atoms with Crippen molar-refractivity contribution in [3.05, 3.63) is 81.8 Å². The molecule has 0 spiro atoms. The normalized spacial score (nSPS) is 10.4. The molecule has 0 atom stereocenters. The molecule has 2 nitrogen and oxygen atoms in total. The molecule has 0 aliphatic carbocycles. The fourth-order valence-corrected chi connectivity index (χ4v) is 2.78. The molecule has 0 saturated heterocycles. The van der Waals surface area contributed by atoms with Crippen molar-refractivity contribution in [2.45, 2.75) is 6.42 Å². The van der Waals surface area contributed by atoms with Gasteiger partial charge in [-0.2, -0.15) is 0 Å². The Bertz CT molecular complexity index is 677. The maximum Gasteiger partial charge on any atom is 0.108 e. The molecule has 100 valence electrons. The molecule has 0 unspecified atom stereocenters. The number of anilines is 2. The highest BCUT2D eigenvalue weighted by Crippen LogP contribution is 2.27. The van der Waals surface area contributed by atoms with Gasteiger partial charge in [-0.15, -0.1) is 0 Å². The van der Waals surface area contributed by atoms with E-state index in [-0.39, 0.29) is 0 Å². The lowest BCUT2D eigenvalue weighted by Gasteiger charge is -2.11. The molecular weight excluding hydrogens is 361 g/mol. The molecule has 1 N–H and O–H groups in total. The third-order valence-corrected chi connectivity index (χ3v) is 4.35. The van der Waals surface area contributed by atoms with Crippen LogP contribution in [0.1, 0.15) is 11.3 Å². The van der Waals surface area contributed by atoms with Crippen molar-refractivity contribution >= 4 is 34.0 Å². The number of furan rings is 1. The first-order chi connectivity index (χ1) is 9.83. The Hall–Kier alpha value is -1.75. The predicted molar refractivity (Wildman–Crippen MR) is 90.4 cm³/mol. The Kier molecular flexibility index (Phi) is 4.06. The Morgan fingerprint density at radius 1 is 0.900 bits per heavy atom. The third kappa shape index (κ3) is 3.04. The zero-order chi connectivity index (χ0) is 13.8. The van der Waals surface area contributed by atoms with Gasteiger partial charge in [0.15, 0.2) is 0 Å². The first kappa shape index (κ1) is 13.2. The van der Waals surface area contributed by atoms with Crippen LogP contribution in [0.3, 0.4) is 0 Å². The van der Waals surface area contributed by atoms with Crippen LogP contribution in [0.4, 0.5) is 11.4 Å². The van der Waals surface area contributed by atoms with E-state index in [0.717, 1.165) is 23.6 Å². The molecule has 0 saturated carbocycles. The van der Waals surface area contributed by atoms with Gasteiger partial charge in [0.1, 0.15) is 5.76 Å². The second-order valence-corrected chi connectivity index (χ2v) is 5.60. The molecule has 0 fully saturated rings. The molecule has 3 rings (SSSR count). The molecule has 0 aliphatic heterocycles. The lowest BCUT2D eigenvalue weighted by atomic mass is 10.1. The van der Waals surface area contributed by atoms with Gasteiger partial charge in [-0.25, -0.2) is 0 Å². The van der Waals surface area contributed by atoms with Gasteiger partial charge < -0.3 is 9.73 Å². The van der Waals surface area contributed by atoms with Crippen molar-refractivity contribution in [2.24, 2.45) is 0 Å². The average Bonchev–Trinajstić information content (AvgIpc) is 2.97. The van der Waals surface area contributed by atoms with Gasteiger partial charge in [0.05, 0.1) is 12.0 Å². The van der Waals surface area contributed by atoms with Crippen LogP contribution in [0.2, 0.25) is 0 Å². The summed E-state index contributed by atoms with van der Waals surface area (Å²) in [4.78, 5) is 0. The summed E-state index contributed by atoms with van der Waals surface area (Å²) in [5.41, 5.74) is 3.49. The second-order valence-electron chi connectivity index (χ2n) is 4.53. The van der Waals surface area contributed by atoms with Crippen molar-refractivity contribution < 1.29 is 4.42 Å². The number of para-hydroxylation sites is 1. The standard InChI is InChI=1S/C17H14INO/c18-17-13(12-15-9-5-11-20-15)6-4-10-16(17)19-14-7-2-1-3-8-14/h1-11,19H,12H2. The van der Waals surface area contributed by atoms with E-state index in [1.807, 2.05) is 30.3 Å². The topological polar surface area (TPSA) is 25.2 Å². The Labute approximate surface area is 132 Å².